The van der Waals surface area contributed by atoms with Crippen LogP contribution in [0.15, 0.2) is 58.9 Å². The highest BCUT2D eigenvalue weighted by molar-refractivity contribution is 7.90. The smallest absolute Gasteiger partial charge is 0.263 e. The molecular weight excluding hydrogens is 352 g/mol. The molecule has 0 amide bonds. The van der Waals surface area contributed by atoms with Crippen molar-refractivity contribution >= 4 is 15.9 Å². The zero-order valence-corrected chi connectivity index (χ0v) is 15.5. The third-order valence-corrected chi connectivity index (χ3v) is 5.46. The lowest BCUT2D eigenvalue weighted by Crippen LogP contribution is -2.22. The fourth-order valence-corrected chi connectivity index (χ4v) is 4.18. The zero-order chi connectivity index (χ0) is 18.7. The number of allylic oxidation sites excluding steroid dienone is 1. The number of methoxy groups -OCH3 is 2. The quantitative estimate of drug-likeness (QED) is 0.791. The van der Waals surface area contributed by atoms with Crippen LogP contribution >= 0.6 is 0 Å². The Kier molecular flexibility index (Phi) is 4.99. The lowest BCUT2D eigenvalue weighted by atomic mass is 10.1. The normalized spacial score (nSPS) is 16.0. The van der Waals surface area contributed by atoms with Gasteiger partial charge in [-0.1, -0.05) is 18.2 Å². The van der Waals surface area contributed by atoms with E-state index >= 15 is 0 Å². The Morgan fingerprint density at radius 3 is 2.65 bits per heavy atom. The van der Waals surface area contributed by atoms with Crippen molar-refractivity contribution in [2.45, 2.75) is 17.9 Å². The topological polar surface area (TPSA) is 77.0 Å². The standard InChI is InChI=1S/C19H20N2O4S/c1-4-7-14-10-13(11-16(24-2)18(14)25-3)12-20-19-15-8-5-6-9-17(15)26(22,23)21-19/h4-6,8-11H,1,7,12H2,2-3H3,(H,20,21). The zero-order valence-electron chi connectivity index (χ0n) is 14.7. The van der Waals surface area contributed by atoms with E-state index in [0.29, 0.717) is 35.9 Å². The van der Waals surface area contributed by atoms with Crippen molar-refractivity contribution < 1.29 is 17.9 Å². The van der Waals surface area contributed by atoms with Crippen LogP contribution in [-0.4, -0.2) is 28.5 Å². The van der Waals surface area contributed by atoms with Gasteiger partial charge in [-0.3, -0.25) is 9.71 Å². The number of nitrogens with one attached hydrogen (secondary N) is 1. The van der Waals surface area contributed by atoms with E-state index < -0.39 is 10.0 Å². The number of hydrogen-bond donors (Lipinski definition) is 1. The number of ether oxygens (including phenoxy) is 2. The van der Waals surface area contributed by atoms with Gasteiger partial charge in [0.15, 0.2) is 11.5 Å². The summed E-state index contributed by atoms with van der Waals surface area (Å²) in [7, 11) is -0.370. The molecule has 0 saturated heterocycles. The molecule has 136 valence electrons. The van der Waals surface area contributed by atoms with Crippen molar-refractivity contribution in [3.8, 4) is 11.5 Å². The van der Waals surface area contributed by atoms with Crippen LogP contribution in [0.4, 0.5) is 0 Å². The molecule has 0 bridgehead atoms. The summed E-state index contributed by atoms with van der Waals surface area (Å²) in [5, 5.41) is 0. The Morgan fingerprint density at radius 1 is 1.19 bits per heavy atom. The molecule has 0 saturated carbocycles. The maximum atomic E-state index is 12.2. The monoisotopic (exact) mass is 372 g/mol. The van der Waals surface area contributed by atoms with Crippen LogP contribution in [0.2, 0.25) is 0 Å². The molecule has 0 atom stereocenters. The summed E-state index contributed by atoms with van der Waals surface area (Å²) < 4.78 is 37.7. The molecule has 7 heteroatoms. The van der Waals surface area contributed by atoms with Gasteiger partial charge in [-0.25, -0.2) is 8.42 Å². The van der Waals surface area contributed by atoms with Crippen LogP contribution in [-0.2, 0) is 23.0 Å². The molecule has 0 radical (unpaired) electrons. The van der Waals surface area contributed by atoms with E-state index in [9.17, 15) is 8.42 Å². The molecule has 6 nitrogen and oxygen atoms in total. The summed E-state index contributed by atoms with van der Waals surface area (Å²) in [5.74, 6) is 1.62. The summed E-state index contributed by atoms with van der Waals surface area (Å²) in [6, 6.07) is 10.6. The van der Waals surface area contributed by atoms with E-state index in [4.69, 9.17) is 9.47 Å². The maximum absolute atomic E-state index is 12.2. The minimum atomic E-state index is -3.54. The van der Waals surface area contributed by atoms with E-state index in [1.54, 1.807) is 44.6 Å². The van der Waals surface area contributed by atoms with Crippen molar-refractivity contribution in [3.05, 3.63) is 65.7 Å². The number of benzene rings is 2. The third-order valence-electron chi connectivity index (χ3n) is 4.06. The highest BCUT2D eigenvalue weighted by Crippen LogP contribution is 2.33. The van der Waals surface area contributed by atoms with Gasteiger partial charge in [0, 0.05) is 11.1 Å². The Bertz CT molecular complexity index is 981. The number of aliphatic imine (C=N–C) groups is 1. The predicted molar refractivity (Wildman–Crippen MR) is 100 cm³/mol. The van der Waals surface area contributed by atoms with Crippen molar-refractivity contribution in [1.29, 1.82) is 0 Å². The Balaban J connectivity index is 1.96. The molecule has 1 heterocycles. The van der Waals surface area contributed by atoms with Gasteiger partial charge in [-0.15, -0.1) is 6.58 Å². The summed E-state index contributed by atoms with van der Waals surface area (Å²) >= 11 is 0. The molecule has 0 unspecified atom stereocenters. The predicted octanol–water partition coefficient (Wildman–Crippen LogP) is 2.67. The second-order valence-electron chi connectivity index (χ2n) is 5.75. The molecule has 0 aliphatic carbocycles. The number of sulfonamides is 1. The second kappa shape index (κ2) is 7.21. The van der Waals surface area contributed by atoms with Gasteiger partial charge in [0.25, 0.3) is 10.0 Å². The van der Waals surface area contributed by atoms with Crippen LogP contribution in [0.1, 0.15) is 16.7 Å². The van der Waals surface area contributed by atoms with Crippen molar-refractivity contribution in [3.63, 3.8) is 0 Å². The first kappa shape index (κ1) is 18.0. The first-order chi connectivity index (χ1) is 12.5. The highest BCUT2D eigenvalue weighted by Gasteiger charge is 2.30. The van der Waals surface area contributed by atoms with E-state index in [-0.39, 0.29) is 4.90 Å². The fourth-order valence-electron chi connectivity index (χ4n) is 2.93. The van der Waals surface area contributed by atoms with Gasteiger partial charge in [-0.2, -0.15) is 0 Å². The molecule has 1 aliphatic rings. The lowest BCUT2D eigenvalue weighted by Gasteiger charge is -2.13. The lowest BCUT2D eigenvalue weighted by molar-refractivity contribution is 0.352. The van der Waals surface area contributed by atoms with Crippen molar-refractivity contribution in [1.82, 2.24) is 4.72 Å². The largest absolute Gasteiger partial charge is 0.493 e. The Labute approximate surface area is 153 Å². The molecule has 3 rings (SSSR count). The van der Waals surface area contributed by atoms with Crippen LogP contribution in [0.5, 0.6) is 11.5 Å². The summed E-state index contributed by atoms with van der Waals surface area (Å²) in [6.45, 7) is 4.07. The van der Waals surface area contributed by atoms with Crippen LogP contribution in [0.25, 0.3) is 0 Å². The average Bonchev–Trinajstić information content (AvgIpc) is 2.90. The van der Waals surface area contributed by atoms with Gasteiger partial charge >= 0.3 is 0 Å². The van der Waals surface area contributed by atoms with E-state index in [0.717, 1.165) is 11.1 Å². The number of amidine groups is 1. The van der Waals surface area contributed by atoms with Gasteiger partial charge < -0.3 is 9.47 Å². The van der Waals surface area contributed by atoms with Gasteiger partial charge in [0.2, 0.25) is 0 Å². The molecule has 1 N–H and O–H groups in total. The van der Waals surface area contributed by atoms with E-state index in [1.165, 1.54) is 0 Å². The number of rotatable bonds is 6. The Morgan fingerprint density at radius 2 is 1.96 bits per heavy atom. The van der Waals surface area contributed by atoms with E-state index in [2.05, 4.69) is 16.3 Å². The molecule has 0 fully saturated rings. The molecule has 26 heavy (non-hydrogen) atoms. The minimum absolute atomic E-state index is 0.249. The van der Waals surface area contributed by atoms with Gasteiger partial charge in [-0.05, 0) is 36.2 Å². The molecule has 0 spiro atoms. The average molecular weight is 372 g/mol. The molecule has 2 aromatic rings. The number of fused-ring (bicyclic) bond motifs is 1. The minimum Gasteiger partial charge on any atom is -0.493 e. The highest BCUT2D eigenvalue weighted by atomic mass is 32.2. The first-order valence-electron chi connectivity index (χ1n) is 8.01. The second-order valence-corrected chi connectivity index (χ2v) is 7.40. The summed E-state index contributed by atoms with van der Waals surface area (Å²) in [4.78, 5) is 4.72. The Hall–Kier alpha value is -2.80. The van der Waals surface area contributed by atoms with Crippen LogP contribution in [0.3, 0.4) is 0 Å². The van der Waals surface area contributed by atoms with Crippen LogP contribution in [0, 0.1) is 0 Å². The third kappa shape index (κ3) is 3.30. The number of hydrogen-bond acceptors (Lipinski definition) is 5. The fraction of sp³-hybridized carbons (Fsp3) is 0.211. The first-order valence-corrected chi connectivity index (χ1v) is 9.49. The molecule has 1 aliphatic heterocycles. The molecular formula is C19H20N2O4S. The maximum Gasteiger partial charge on any atom is 0.263 e. The van der Waals surface area contributed by atoms with Crippen LogP contribution < -0.4 is 14.2 Å². The van der Waals surface area contributed by atoms with Gasteiger partial charge in [0.05, 0.1) is 25.7 Å². The summed E-state index contributed by atoms with van der Waals surface area (Å²) in [5.41, 5.74) is 2.40. The SMILES string of the molecule is C=CCc1cc(CN=C2NS(=O)(=O)c3ccccc32)cc(OC)c1OC. The van der Waals surface area contributed by atoms with Crippen molar-refractivity contribution in [2.24, 2.45) is 4.99 Å². The van der Waals surface area contributed by atoms with E-state index in [1.807, 2.05) is 12.1 Å². The number of nitrogens with zero attached hydrogens (tertiary/aromatic N) is 1. The molecule has 0 aromatic heterocycles. The summed E-state index contributed by atoms with van der Waals surface area (Å²) in [6.07, 6.45) is 2.41. The van der Waals surface area contributed by atoms with Gasteiger partial charge in [0.1, 0.15) is 5.84 Å². The van der Waals surface area contributed by atoms with Crippen molar-refractivity contribution in [2.75, 3.05) is 14.2 Å². The molecule has 2 aromatic carbocycles.